The third kappa shape index (κ3) is 6.30. The summed E-state index contributed by atoms with van der Waals surface area (Å²) in [7, 11) is 4.03. The zero-order chi connectivity index (χ0) is 23.2. The lowest BCUT2D eigenvalue weighted by molar-refractivity contribution is -0.127. The zero-order valence-electron chi connectivity index (χ0n) is 20.6. The van der Waals surface area contributed by atoms with Crippen LogP contribution in [0.15, 0.2) is 59.6 Å². The first-order chi connectivity index (χ1) is 16.1. The number of anilines is 1. The number of hydrogen-bond donors (Lipinski definition) is 1. The Kier molecular flexibility index (Phi) is 9.76. The van der Waals surface area contributed by atoms with E-state index in [4.69, 9.17) is 0 Å². The highest BCUT2D eigenvalue weighted by molar-refractivity contribution is 14.0. The second-order valence-corrected chi connectivity index (χ2v) is 9.32. The molecule has 2 unspecified atom stereocenters. The molecule has 7 heteroatoms. The number of carbonyl (C=O) groups excluding carboxylic acids is 1. The van der Waals surface area contributed by atoms with Gasteiger partial charge in [-0.25, -0.2) is 0 Å². The molecule has 0 spiro atoms. The molecule has 1 fully saturated rings. The van der Waals surface area contributed by atoms with E-state index in [-0.39, 0.29) is 24.0 Å². The van der Waals surface area contributed by atoms with Gasteiger partial charge in [-0.1, -0.05) is 48.5 Å². The summed E-state index contributed by atoms with van der Waals surface area (Å²) in [6, 6.07) is 19.6. The van der Waals surface area contributed by atoms with Gasteiger partial charge in [-0.15, -0.1) is 24.0 Å². The molecule has 2 aromatic carbocycles. The van der Waals surface area contributed by atoms with E-state index in [1.165, 1.54) is 16.8 Å². The maximum atomic E-state index is 12.0. The number of likely N-dealkylation sites (N-methyl/N-ethyl adjacent to an activating group) is 1. The molecule has 2 aliphatic heterocycles. The van der Waals surface area contributed by atoms with Crippen molar-refractivity contribution < 1.29 is 4.79 Å². The summed E-state index contributed by atoms with van der Waals surface area (Å²) in [5, 5.41) is 3.61. The molecule has 2 aliphatic rings. The predicted octanol–water partition coefficient (Wildman–Crippen LogP) is 4.32. The maximum absolute atomic E-state index is 12.0. The number of para-hydroxylation sites is 1. The van der Waals surface area contributed by atoms with Gasteiger partial charge in [0.05, 0.1) is 0 Å². The second kappa shape index (κ2) is 12.5. The Morgan fingerprint density at radius 3 is 2.62 bits per heavy atom. The quantitative estimate of drug-likeness (QED) is 0.290. The highest BCUT2D eigenvalue weighted by Gasteiger charge is 2.32. The van der Waals surface area contributed by atoms with Crippen LogP contribution < -0.4 is 10.2 Å². The van der Waals surface area contributed by atoms with E-state index in [1.807, 2.05) is 11.9 Å². The first kappa shape index (κ1) is 26.5. The zero-order valence-corrected chi connectivity index (χ0v) is 22.9. The molecule has 1 N–H and O–H groups in total. The lowest BCUT2D eigenvalue weighted by Crippen LogP contribution is -2.46. The summed E-state index contributed by atoms with van der Waals surface area (Å²) < 4.78 is 0. The molecule has 0 aliphatic carbocycles. The van der Waals surface area contributed by atoms with Crippen LogP contribution in [0.3, 0.4) is 0 Å². The average molecular weight is 576 g/mol. The number of fused-ring (bicyclic) bond motifs is 1. The van der Waals surface area contributed by atoms with Crippen LogP contribution in [0.25, 0.3) is 0 Å². The highest BCUT2D eigenvalue weighted by atomic mass is 127. The van der Waals surface area contributed by atoms with Gasteiger partial charge in [0, 0.05) is 63.8 Å². The van der Waals surface area contributed by atoms with E-state index in [1.54, 1.807) is 0 Å². The molecule has 0 bridgehead atoms. The van der Waals surface area contributed by atoms with Crippen molar-refractivity contribution >= 4 is 41.5 Å². The third-order valence-electron chi connectivity index (χ3n) is 7.04. The molecule has 184 valence electrons. The third-order valence-corrected chi connectivity index (χ3v) is 7.04. The highest BCUT2D eigenvalue weighted by Crippen LogP contribution is 2.38. The van der Waals surface area contributed by atoms with Gasteiger partial charge in [-0.2, -0.15) is 0 Å². The molecule has 34 heavy (non-hydrogen) atoms. The molecule has 1 amide bonds. The lowest BCUT2D eigenvalue weighted by Gasteiger charge is -2.28. The molecule has 6 nitrogen and oxygen atoms in total. The van der Waals surface area contributed by atoms with Crippen molar-refractivity contribution in [2.45, 2.75) is 44.7 Å². The summed E-state index contributed by atoms with van der Waals surface area (Å²) in [6.07, 6.45) is 2.70. The van der Waals surface area contributed by atoms with Gasteiger partial charge in [0.2, 0.25) is 5.91 Å². The fraction of sp³-hybridized carbons (Fsp3) is 0.481. The van der Waals surface area contributed by atoms with E-state index in [2.05, 4.69) is 88.7 Å². The van der Waals surface area contributed by atoms with Gasteiger partial charge in [0.15, 0.2) is 5.96 Å². The van der Waals surface area contributed by atoms with Crippen molar-refractivity contribution in [1.29, 1.82) is 0 Å². The molecular formula is C27H38IN5O. The Labute approximate surface area is 221 Å². The minimum atomic E-state index is 0. The van der Waals surface area contributed by atoms with Crippen molar-refractivity contribution in [2.75, 3.05) is 45.2 Å². The van der Waals surface area contributed by atoms with Crippen molar-refractivity contribution in [3.63, 3.8) is 0 Å². The molecule has 0 saturated carbocycles. The topological polar surface area (TPSA) is 51.2 Å². The van der Waals surface area contributed by atoms with E-state index >= 15 is 0 Å². The summed E-state index contributed by atoms with van der Waals surface area (Å²) >= 11 is 0. The van der Waals surface area contributed by atoms with Gasteiger partial charge in [-0.3, -0.25) is 14.7 Å². The number of rotatable bonds is 8. The van der Waals surface area contributed by atoms with E-state index in [9.17, 15) is 4.79 Å². The van der Waals surface area contributed by atoms with E-state index < -0.39 is 0 Å². The molecule has 2 atom stereocenters. The molecule has 2 heterocycles. The van der Waals surface area contributed by atoms with E-state index in [0.29, 0.717) is 24.3 Å². The number of hydrogen-bond acceptors (Lipinski definition) is 3. The van der Waals surface area contributed by atoms with Gasteiger partial charge >= 0.3 is 0 Å². The summed E-state index contributed by atoms with van der Waals surface area (Å²) in [5.41, 5.74) is 3.92. The minimum Gasteiger partial charge on any atom is -0.354 e. The number of aliphatic imine (C=N–C) groups is 1. The van der Waals surface area contributed by atoms with Crippen LogP contribution in [0, 0.1) is 0 Å². The summed E-state index contributed by atoms with van der Waals surface area (Å²) in [4.78, 5) is 23.4. The van der Waals surface area contributed by atoms with Crippen molar-refractivity contribution in [2.24, 2.45) is 4.99 Å². The van der Waals surface area contributed by atoms with Crippen LogP contribution in [0.2, 0.25) is 0 Å². The van der Waals surface area contributed by atoms with Crippen LogP contribution >= 0.6 is 24.0 Å². The summed E-state index contributed by atoms with van der Waals surface area (Å²) in [6.45, 7) is 6.65. The van der Waals surface area contributed by atoms with Gasteiger partial charge in [-0.05, 0) is 44.0 Å². The minimum absolute atomic E-state index is 0. The number of likely N-dealkylation sites (tertiary alicyclic amines) is 1. The van der Waals surface area contributed by atoms with Gasteiger partial charge in [0.25, 0.3) is 0 Å². The Hall–Kier alpha value is -2.13. The van der Waals surface area contributed by atoms with Crippen molar-refractivity contribution in [1.82, 2.24) is 15.1 Å². The molecule has 1 saturated heterocycles. The molecule has 0 aromatic heterocycles. The van der Waals surface area contributed by atoms with Crippen LogP contribution in [-0.2, 0) is 11.3 Å². The maximum Gasteiger partial charge on any atom is 0.222 e. The molecule has 4 rings (SSSR count). The molecular weight excluding hydrogens is 537 g/mol. The van der Waals surface area contributed by atoms with E-state index in [0.717, 1.165) is 51.5 Å². The fourth-order valence-corrected chi connectivity index (χ4v) is 4.91. The standard InChI is InChI=1S/C27H37N5O.HI/c1-21(30(3)19-22-10-5-4-6-11-22)18-29-27(28-2)32-20-23(24-12-7-8-13-25(24)32)15-17-31-16-9-14-26(31)33;/h4-8,10-13,21,23H,9,14-20H2,1-3H3,(H,28,29);1H. The Morgan fingerprint density at radius 2 is 1.91 bits per heavy atom. The number of guanidine groups is 1. The fourth-order valence-electron chi connectivity index (χ4n) is 4.91. The number of carbonyl (C=O) groups is 1. The smallest absolute Gasteiger partial charge is 0.222 e. The summed E-state index contributed by atoms with van der Waals surface area (Å²) in [5.74, 6) is 1.64. The normalized spacial score (nSPS) is 18.8. The van der Waals surface area contributed by atoms with Crippen LogP contribution in [0.1, 0.15) is 43.2 Å². The molecule has 2 aromatic rings. The lowest BCUT2D eigenvalue weighted by atomic mass is 9.98. The van der Waals surface area contributed by atoms with Crippen LogP contribution in [0.5, 0.6) is 0 Å². The predicted molar refractivity (Wildman–Crippen MR) is 151 cm³/mol. The monoisotopic (exact) mass is 575 g/mol. The van der Waals surface area contributed by atoms with Crippen LogP contribution in [0.4, 0.5) is 5.69 Å². The molecule has 0 radical (unpaired) electrons. The Balaban J connectivity index is 0.00000324. The van der Waals surface area contributed by atoms with Gasteiger partial charge < -0.3 is 15.1 Å². The number of nitrogens with one attached hydrogen (secondary N) is 1. The first-order valence-electron chi connectivity index (χ1n) is 12.2. The number of benzene rings is 2. The Bertz CT molecular complexity index is 967. The largest absolute Gasteiger partial charge is 0.354 e. The number of halogens is 1. The van der Waals surface area contributed by atoms with Gasteiger partial charge in [0.1, 0.15) is 0 Å². The number of amides is 1. The number of nitrogens with zero attached hydrogens (tertiary/aromatic N) is 4. The van der Waals surface area contributed by atoms with Crippen molar-refractivity contribution in [3.8, 4) is 0 Å². The van der Waals surface area contributed by atoms with Crippen molar-refractivity contribution in [3.05, 3.63) is 65.7 Å². The SMILES string of the molecule is CN=C(NCC(C)N(C)Cc1ccccc1)N1CC(CCN2CCCC2=O)c2ccccc21.I. The second-order valence-electron chi connectivity index (χ2n) is 9.32. The van der Waals surface area contributed by atoms with Crippen LogP contribution in [-0.4, -0.2) is 68.0 Å². The Morgan fingerprint density at radius 1 is 1.18 bits per heavy atom. The first-order valence-corrected chi connectivity index (χ1v) is 12.2. The average Bonchev–Trinajstić information content (AvgIpc) is 3.42.